The van der Waals surface area contributed by atoms with Crippen LogP contribution in [0.2, 0.25) is 0 Å². The monoisotopic (exact) mass is 247 g/mol. The van der Waals surface area contributed by atoms with Crippen molar-refractivity contribution in [3.63, 3.8) is 0 Å². The molecule has 98 valence electrons. The van der Waals surface area contributed by atoms with Crippen LogP contribution in [-0.4, -0.2) is 17.1 Å². The molecule has 3 heteroatoms. The molecule has 0 heterocycles. The number of rotatable bonds is 2. The number of amides is 1. The molecule has 0 aliphatic heterocycles. The molecular formula is C15H21NO2. The van der Waals surface area contributed by atoms with E-state index >= 15 is 0 Å². The molecule has 0 bridgehead atoms. The van der Waals surface area contributed by atoms with Crippen molar-refractivity contribution >= 4 is 5.91 Å². The van der Waals surface area contributed by atoms with E-state index in [9.17, 15) is 9.90 Å². The molecule has 0 saturated heterocycles. The van der Waals surface area contributed by atoms with Crippen LogP contribution in [0.25, 0.3) is 0 Å². The zero-order valence-corrected chi connectivity index (χ0v) is 11.1. The van der Waals surface area contributed by atoms with E-state index in [1.54, 1.807) is 24.3 Å². The molecular weight excluding hydrogens is 226 g/mol. The number of phenolic OH excluding ortho intramolecular Hbond substituents is 1. The van der Waals surface area contributed by atoms with E-state index in [0.717, 1.165) is 12.8 Å². The van der Waals surface area contributed by atoms with Crippen LogP contribution in [0.4, 0.5) is 0 Å². The maximum Gasteiger partial charge on any atom is 0.251 e. The standard InChI is InChI=1S/C15H21NO2/c1-15(2)10-4-3-5-13(15)16-14(18)11-6-8-12(17)9-7-11/h6-9,13,17H,3-5,10H2,1-2H3,(H,16,18). The van der Waals surface area contributed by atoms with E-state index in [4.69, 9.17) is 0 Å². The molecule has 3 nitrogen and oxygen atoms in total. The molecule has 1 aliphatic carbocycles. The van der Waals surface area contributed by atoms with E-state index in [1.807, 2.05) is 0 Å². The van der Waals surface area contributed by atoms with Crippen LogP contribution in [0.3, 0.4) is 0 Å². The Morgan fingerprint density at radius 3 is 2.56 bits per heavy atom. The Balaban J connectivity index is 2.04. The van der Waals surface area contributed by atoms with E-state index in [-0.39, 0.29) is 23.1 Å². The summed E-state index contributed by atoms with van der Waals surface area (Å²) >= 11 is 0. The average molecular weight is 247 g/mol. The van der Waals surface area contributed by atoms with Gasteiger partial charge < -0.3 is 10.4 Å². The number of hydrogen-bond donors (Lipinski definition) is 2. The van der Waals surface area contributed by atoms with Crippen LogP contribution < -0.4 is 5.32 Å². The number of carbonyl (C=O) groups is 1. The molecule has 0 aromatic heterocycles. The lowest BCUT2D eigenvalue weighted by molar-refractivity contribution is 0.0853. The van der Waals surface area contributed by atoms with Crippen LogP contribution in [0.15, 0.2) is 24.3 Å². The fourth-order valence-corrected chi connectivity index (χ4v) is 2.62. The highest BCUT2D eigenvalue weighted by molar-refractivity contribution is 5.94. The quantitative estimate of drug-likeness (QED) is 0.843. The largest absolute Gasteiger partial charge is 0.508 e. The van der Waals surface area contributed by atoms with E-state index in [2.05, 4.69) is 19.2 Å². The van der Waals surface area contributed by atoms with Gasteiger partial charge in [0, 0.05) is 11.6 Å². The molecule has 1 aliphatic rings. The highest BCUT2D eigenvalue weighted by Gasteiger charge is 2.33. The SMILES string of the molecule is CC1(C)CCCCC1NC(=O)c1ccc(O)cc1. The van der Waals surface area contributed by atoms with Gasteiger partial charge in [0.2, 0.25) is 0 Å². The minimum absolute atomic E-state index is 0.0463. The molecule has 0 radical (unpaired) electrons. The Bertz CT molecular complexity index is 423. The van der Waals surface area contributed by atoms with Crippen molar-refractivity contribution in [3.8, 4) is 5.75 Å². The summed E-state index contributed by atoms with van der Waals surface area (Å²) in [5, 5.41) is 12.3. The Hall–Kier alpha value is -1.51. The molecule has 1 amide bonds. The first-order chi connectivity index (χ1) is 8.49. The van der Waals surface area contributed by atoms with Crippen LogP contribution in [0.1, 0.15) is 49.9 Å². The van der Waals surface area contributed by atoms with Crippen LogP contribution in [-0.2, 0) is 0 Å². The molecule has 2 N–H and O–H groups in total. The summed E-state index contributed by atoms with van der Waals surface area (Å²) in [7, 11) is 0. The average Bonchev–Trinajstić information content (AvgIpc) is 2.32. The molecule has 1 saturated carbocycles. The molecule has 1 unspecified atom stereocenters. The highest BCUT2D eigenvalue weighted by atomic mass is 16.3. The Labute approximate surface area is 108 Å². The van der Waals surface area contributed by atoms with Crippen LogP contribution >= 0.6 is 0 Å². The number of benzene rings is 1. The third-order valence-corrected chi connectivity index (χ3v) is 3.94. The molecule has 1 atom stereocenters. The zero-order valence-electron chi connectivity index (χ0n) is 11.1. The van der Waals surface area contributed by atoms with Gasteiger partial charge in [-0.05, 0) is 42.5 Å². The summed E-state index contributed by atoms with van der Waals surface area (Å²) in [5.41, 5.74) is 0.777. The minimum Gasteiger partial charge on any atom is -0.508 e. The summed E-state index contributed by atoms with van der Waals surface area (Å²) in [6.45, 7) is 4.43. The van der Waals surface area contributed by atoms with Crippen molar-refractivity contribution in [1.82, 2.24) is 5.32 Å². The fraction of sp³-hybridized carbons (Fsp3) is 0.533. The number of hydrogen-bond acceptors (Lipinski definition) is 2. The van der Waals surface area contributed by atoms with E-state index < -0.39 is 0 Å². The second-order valence-electron chi connectivity index (χ2n) is 5.81. The summed E-state index contributed by atoms with van der Waals surface area (Å²) in [4.78, 5) is 12.1. The van der Waals surface area contributed by atoms with Crippen molar-refractivity contribution in [1.29, 1.82) is 0 Å². The van der Waals surface area contributed by atoms with Gasteiger partial charge in [0.15, 0.2) is 0 Å². The third-order valence-electron chi connectivity index (χ3n) is 3.94. The van der Waals surface area contributed by atoms with Gasteiger partial charge in [0.25, 0.3) is 5.91 Å². The Kier molecular flexibility index (Phi) is 3.60. The summed E-state index contributed by atoms with van der Waals surface area (Å²) < 4.78 is 0. The van der Waals surface area contributed by atoms with Crippen LogP contribution in [0, 0.1) is 5.41 Å². The third kappa shape index (κ3) is 2.84. The highest BCUT2D eigenvalue weighted by Crippen LogP contribution is 2.35. The normalized spacial score (nSPS) is 22.4. The van der Waals surface area contributed by atoms with Gasteiger partial charge in [0.05, 0.1) is 0 Å². The van der Waals surface area contributed by atoms with Gasteiger partial charge in [-0.2, -0.15) is 0 Å². The first kappa shape index (κ1) is 12.9. The van der Waals surface area contributed by atoms with Gasteiger partial charge in [-0.1, -0.05) is 26.7 Å². The first-order valence-corrected chi connectivity index (χ1v) is 6.59. The molecule has 0 spiro atoms. The number of phenols is 1. The number of carbonyl (C=O) groups excluding carboxylic acids is 1. The second-order valence-corrected chi connectivity index (χ2v) is 5.81. The molecule has 18 heavy (non-hydrogen) atoms. The maximum atomic E-state index is 12.1. The Morgan fingerprint density at radius 1 is 1.28 bits per heavy atom. The smallest absolute Gasteiger partial charge is 0.251 e. The summed E-state index contributed by atoms with van der Waals surface area (Å²) in [5.74, 6) is 0.138. The Morgan fingerprint density at radius 2 is 1.94 bits per heavy atom. The van der Waals surface area contributed by atoms with Gasteiger partial charge in [-0.25, -0.2) is 0 Å². The molecule has 2 rings (SSSR count). The minimum atomic E-state index is -0.0463. The lowest BCUT2D eigenvalue weighted by atomic mass is 9.73. The van der Waals surface area contributed by atoms with E-state index in [1.165, 1.54) is 12.8 Å². The predicted molar refractivity (Wildman–Crippen MR) is 71.6 cm³/mol. The van der Waals surface area contributed by atoms with Crippen molar-refractivity contribution in [2.45, 2.75) is 45.6 Å². The van der Waals surface area contributed by atoms with Crippen molar-refractivity contribution in [2.24, 2.45) is 5.41 Å². The topological polar surface area (TPSA) is 49.3 Å². The second kappa shape index (κ2) is 5.01. The fourth-order valence-electron chi connectivity index (χ4n) is 2.62. The van der Waals surface area contributed by atoms with Crippen molar-refractivity contribution < 1.29 is 9.90 Å². The summed E-state index contributed by atoms with van der Waals surface area (Å²) in [6.07, 6.45) is 4.65. The van der Waals surface area contributed by atoms with Gasteiger partial charge in [-0.3, -0.25) is 4.79 Å². The zero-order chi connectivity index (χ0) is 13.2. The maximum absolute atomic E-state index is 12.1. The predicted octanol–water partition coefficient (Wildman–Crippen LogP) is 3.09. The van der Waals surface area contributed by atoms with Crippen molar-refractivity contribution in [2.75, 3.05) is 0 Å². The number of nitrogens with one attached hydrogen (secondary N) is 1. The van der Waals surface area contributed by atoms with Crippen LogP contribution in [0.5, 0.6) is 5.75 Å². The lowest BCUT2D eigenvalue weighted by Gasteiger charge is -2.39. The lowest BCUT2D eigenvalue weighted by Crippen LogP contribution is -2.46. The summed E-state index contributed by atoms with van der Waals surface area (Å²) in [6, 6.07) is 6.63. The number of aromatic hydroxyl groups is 1. The first-order valence-electron chi connectivity index (χ1n) is 6.59. The van der Waals surface area contributed by atoms with E-state index in [0.29, 0.717) is 5.56 Å². The molecule has 1 fully saturated rings. The van der Waals surface area contributed by atoms with Gasteiger partial charge in [-0.15, -0.1) is 0 Å². The van der Waals surface area contributed by atoms with Gasteiger partial charge >= 0.3 is 0 Å². The molecule has 1 aromatic rings. The van der Waals surface area contributed by atoms with Gasteiger partial charge in [0.1, 0.15) is 5.75 Å². The molecule has 1 aromatic carbocycles. The van der Waals surface area contributed by atoms with Crippen molar-refractivity contribution in [3.05, 3.63) is 29.8 Å².